The van der Waals surface area contributed by atoms with E-state index in [0.717, 1.165) is 46.4 Å². The van der Waals surface area contributed by atoms with Crippen LogP contribution in [0.3, 0.4) is 0 Å². The molecular formula is C38H38ClN3O4. The fourth-order valence-electron chi connectivity index (χ4n) is 6.20. The van der Waals surface area contributed by atoms with Crippen molar-refractivity contribution in [2.45, 2.75) is 64.6 Å². The van der Waals surface area contributed by atoms with Crippen molar-refractivity contribution in [3.8, 4) is 28.3 Å². The summed E-state index contributed by atoms with van der Waals surface area (Å²) in [5.41, 5.74) is 6.28. The molecule has 1 fully saturated rings. The molecule has 1 heterocycles. The third kappa shape index (κ3) is 6.51. The third-order valence-electron chi connectivity index (χ3n) is 8.99. The minimum atomic E-state index is -0.960. The number of halogens is 1. The lowest BCUT2D eigenvalue weighted by molar-refractivity contribution is 0.0695. The van der Waals surface area contributed by atoms with Crippen LogP contribution in [-0.2, 0) is 6.61 Å². The number of carboxylic acids is 1. The van der Waals surface area contributed by atoms with Crippen LogP contribution in [0.25, 0.3) is 33.5 Å². The molecule has 0 spiro atoms. The topological polar surface area (TPSA) is 84.7 Å². The quantitative estimate of drug-likeness (QED) is 0.174. The summed E-state index contributed by atoms with van der Waals surface area (Å²) in [6.45, 7) is 4.25. The Morgan fingerprint density at radius 2 is 1.59 bits per heavy atom. The number of benzene rings is 4. The zero-order chi connectivity index (χ0) is 32.4. The summed E-state index contributed by atoms with van der Waals surface area (Å²) in [6.07, 6.45) is 5.72. The van der Waals surface area contributed by atoms with E-state index in [2.05, 4.69) is 4.57 Å². The van der Waals surface area contributed by atoms with Gasteiger partial charge in [0.2, 0.25) is 0 Å². The lowest BCUT2D eigenvalue weighted by Gasteiger charge is -2.25. The van der Waals surface area contributed by atoms with Gasteiger partial charge in [0, 0.05) is 35.3 Å². The number of nitrogens with zero attached hydrogens (tertiary/aromatic N) is 3. The molecule has 1 saturated carbocycles. The summed E-state index contributed by atoms with van der Waals surface area (Å²) < 4.78 is 8.61. The average Bonchev–Trinajstić information content (AvgIpc) is 3.46. The number of fused-ring (bicyclic) bond motifs is 1. The SMILES string of the molecule is CC(C)N(C)C(=O)c1ccc(-c2ccc(Cl)cc2)c(COc2ccc(-c3nc4cc(C(=O)O)ccc4n3C3CCCCC3)cc2)c1. The highest BCUT2D eigenvalue weighted by Gasteiger charge is 2.23. The van der Waals surface area contributed by atoms with Gasteiger partial charge in [-0.15, -0.1) is 0 Å². The van der Waals surface area contributed by atoms with E-state index in [1.54, 1.807) is 17.0 Å². The van der Waals surface area contributed by atoms with Gasteiger partial charge in [-0.2, -0.15) is 0 Å². The molecule has 236 valence electrons. The first-order valence-corrected chi connectivity index (χ1v) is 16.2. The van der Waals surface area contributed by atoms with Gasteiger partial charge in [0.15, 0.2) is 0 Å². The number of carbonyl (C=O) groups is 2. The molecule has 0 bridgehead atoms. The van der Waals surface area contributed by atoms with Crippen LogP contribution in [0, 0.1) is 0 Å². The lowest BCUT2D eigenvalue weighted by atomic mass is 9.95. The Balaban J connectivity index is 1.30. The Morgan fingerprint density at radius 1 is 0.913 bits per heavy atom. The number of ether oxygens (including phenoxy) is 1. The molecule has 1 aromatic heterocycles. The number of rotatable bonds is 9. The minimum Gasteiger partial charge on any atom is -0.489 e. The van der Waals surface area contributed by atoms with Gasteiger partial charge in [-0.05, 0) is 110 Å². The highest BCUT2D eigenvalue weighted by molar-refractivity contribution is 6.30. The van der Waals surface area contributed by atoms with Crippen molar-refractivity contribution < 1.29 is 19.4 Å². The third-order valence-corrected chi connectivity index (χ3v) is 9.24. The van der Waals surface area contributed by atoms with Gasteiger partial charge in [-0.1, -0.05) is 49.1 Å². The molecule has 0 saturated heterocycles. The van der Waals surface area contributed by atoms with Crippen molar-refractivity contribution in [2.75, 3.05) is 7.05 Å². The van der Waals surface area contributed by atoms with Gasteiger partial charge in [0.05, 0.1) is 16.6 Å². The minimum absolute atomic E-state index is 0.0420. The monoisotopic (exact) mass is 635 g/mol. The van der Waals surface area contributed by atoms with E-state index in [1.807, 2.05) is 93.7 Å². The van der Waals surface area contributed by atoms with E-state index in [1.165, 1.54) is 19.3 Å². The number of hydrogen-bond donors (Lipinski definition) is 1. The van der Waals surface area contributed by atoms with E-state index in [4.69, 9.17) is 21.3 Å². The van der Waals surface area contributed by atoms with Gasteiger partial charge in [-0.25, -0.2) is 9.78 Å². The number of carboxylic acid groups (broad SMARTS) is 1. The molecule has 8 heteroatoms. The maximum Gasteiger partial charge on any atom is 0.335 e. The van der Waals surface area contributed by atoms with Crippen molar-refractivity contribution in [2.24, 2.45) is 0 Å². The summed E-state index contributed by atoms with van der Waals surface area (Å²) >= 11 is 6.16. The van der Waals surface area contributed by atoms with E-state index in [9.17, 15) is 14.7 Å². The van der Waals surface area contributed by atoms with Crippen LogP contribution in [0.15, 0.2) is 84.9 Å². The molecule has 1 aliphatic rings. The molecular weight excluding hydrogens is 598 g/mol. The smallest absolute Gasteiger partial charge is 0.335 e. The van der Waals surface area contributed by atoms with E-state index in [0.29, 0.717) is 27.9 Å². The molecule has 0 radical (unpaired) electrons. The van der Waals surface area contributed by atoms with Gasteiger partial charge in [0.1, 0.15) is 18.2 Å². The predicted molar refractivity (Wildman–Crippen MR) is 183 cm³/mol. The molecule has 0 unspecified atom stereocenters. The average molecular weight is 636 g/mol. The summed E-state index contributed by atoms with van der Waals surface area (Å²) in [7, 11) is 1.81. The van der Waals surface area contributed by atoms with Crippen molar-refractivity contribution in [3.63, 3.8) is 0 Å². The van der Waals surface area contributed by atoms with Gasteiger partial charge in [-0.3, -0.25) is 4.79 Å². The Bertz CT molecular complexity index is 1870. The second kappa shape index (κ2) is 13.4. The van der Waals surface area contributed by atoms with Gasteiger partial charge < -0.3 is 19.3 Å². The molecule has 4 aromatic carbocycles. The van der Waals surface area contributed by atoms with Crippen LogP contribution in [0.2, 0.25) is 5.02 Å². The van der Waals surface area contributed by atoms with E-state index in [-0.39, 0.29) is 24.1 Å². The Labute approximate surface area is 274 Å². The van der Waals surface area contributed by atoms with E-state index < -0.39 is 5.97 Å². The lowest BCUT2D eigenvalue weighted by Crippen LogP contribution is -2.33. The van der Waals surface area contributed by atoms with Crippen molar-refractivity contribution in [3.05, 3.63) is 107 Å². The fraction of sp³-hybridized carbons (Fsp3) is 0.289. The van der Waals surface area contributed by atoms with Crippen LogP contribution in [0.5, 0.6) is 5.75 Å². The Morgan fingerprint density at radius 3 is 2.26 bits per heavy atom. The van der Waals surface area contributed by atoms with Crippen molar-refractivity contribution in [1.29, 1.82) is 0 Å². The number of amides is 1. The second-order valence-electron chi connectivity index (χ2n) is 12.3. The highest BCUT2D eigenvalue weighted by Crippen LogP contribution is 2.37. The first kappa shape index (κ1) is 31.4. The molecule has 1 amide bonds. The van der Waals surface area contributed by atoms with Crippen LogP contribution >= 0.6 is 11.6 Å². The molecule has 0 atom stereocenters. The zero-order valence-corrected chi connectivity index (χ0v) is 27.1. The maximum atomic E-state index is 13.2. The van der Waals surface area contributed by atoms with Crippen molar-refractivity contribution in [1.82, 2.24) is 14.5 Å². The first-order chi connectivity index (χ1) is 22.2. The van der Waals surface area contributed by atoms with Crippen LogP contribution in [0.4, 0.5) is 0 Å². The van der Waals surface area contributed by atoms with Crippen LogP contribution < -0.4 is 4.74 Å². The molecule has 46 heavy (non-hydrogen) atoms. The molecule has 1 aliphatic carbocycles. The molecule has 7 nitrogen and oxygen atoms in total. The zero-order valence-electron chi connectivity index (χ0n) is 26.4. The normalized spacial score (nSPS) is 13.7. The number of imidazole rings is 1. The Hall–Kier alpha value is -4.62. The second-order valence-corrected chi connectivity index (χ2v) is 12.7. The summed E-state index contributed by atoms with van der Waals surface area (Å²) in [5, 5.41) is 10.2. The Kier molecular flexibility index (Phi) is 9.13. The molecule has 0 aliphatic heterocycles. The standard InChI is InChI=1S/C38H38ClN3O4/c1-24(2)41(3)37(43)27-13-19-33(25-9-15-30(39)16-10-25)29(21-27)23-46-32-17-11-26(12-18-32)36-40-34-22-28(38(44)45)14-20-35(34)42(36)31-7-5-4-6-8-31/h9-22,24,31H,4-8,23H2,1-3H3,(H,44,45). The van der Waals surface area contributed by atoms with Gasteiger partial charge >= 0.3 is 5.97 Å². The van der Waals surface area contributed by atoms with Crippen LogP contribution in [-0.4, -0.2) is 44.5 Å². The van der Waals surface area contributed by atoms with Gasteiger partial charge in [0.25, 0.3) is 5.91 Å². The highest BCUT2D eigenvalue weighted by atomic mass is 35.5. The summed E-state index contributed by atoms with van der Waals surface area (Å²) in [4.78, 5) is 31.5. The van der Waals surface area contributed by atoms with E-state index >= 15 is 0 Å². The first-order valence-electron chi connectivity index (χ1n) is 15.8. The number of aromatic nitrogens is 2. The number of aromatic carboxylic acids is 1. The summed E-state index contributed by atoms with van der Waals surface area (Å²) in [5.74, 6) is 0.523. The molecule has 1 N–H and O–H groups in total. The van der Waals surface area contributed by atoms with Crippen molar-refractivity contribution >= 4 is 34.5 Å². The predicted octanol–water partition coefficient (Wildman–Crippen LogP) is 9.29. The fourth-order valence-corrected chi connectivity index (χ4v) is 6.33. The largest absolute Gasteiger partial charge is 0.489 e. The molecule has 5 aromatic rings. The maximum absolute atomic E-state index is 13.2. The van der Waals surface area contributed by atoms with Crippen LogP contribution in [0.1, 0.15) is 78.3 Å². The number of carbonyl (C=O) groups excluding carboxylic acids is 1. The summed E-state index contributed by atoms with van der Waals surface area (Å²) in [6, 6.07) is 26.9. The molecule has 6 rings (SSSR count). The number of hydrogen-bond acceptors (Lipinski definition) is 4.